The topological polar surface area (TPSA) is 12.0 Å². The van der Waals surface area contributed by atoms with Gasteiger partial charge in [0.1, 0.15) is 0 Å². The second-order valence-electron chi connectivity index (χ2n) is 6.00. The number of hydrogen-bond acceptors (Lipinski definition) is 1. The minimum atomic E-state index is 0.207. The molecule has 4 heteroatoms. The van der Waals surface area contributed by atoms with Crippen LogP contribution in [0.1, 0.15) is 44.2 Å². The van der Waals surface area contributed by atoms with Crippen molar-refractivity contribution in [3.05, 3.63) is 32.8 Å². The van der Waals surface area contributed by atoms with E-state index in [0.717, 1.165) is 18.0 Å². The van der Waals surface area contributed by atoms with Crippen LogP contribution < -0.4 is 5.32 Å². The number of benzene rings is 1. The minimum Gasteiger partial charge on any atom is -0.310 e. The van der Waals surface area contributed by atoms with Crippen LogP contribution in [0.15, 0.2) is 12.1 Å². The zero-order valence-corrected chi connectivity index (χ0v) is 13.2. The summed E-state index contributed by atoms with van der Waals surface area (Å²) >= 11 is 18.3. The van der Waals surface area contributed by atoms with Gasteiger partial charge in [-0.1, -0.05) is 40.9 Å². The fourth-order valence-corrected chi connectivity index (χ4v) is 3.63. The van der Waals surface area contributed by atoms with E-state index in [9.17, 15) is 0 Å². The molecule has 0 aromatic heterocycles. The predicted molar refractivity (Wildman–Crippen MR) is 82.3 cm³/mol. The molecule has 0 saturated heterocycles. The molecule has 1 aromatic rings. The number of nitrogens with one attached hydrogen (secondary N) is 1. The van der Waals surface area contributed by atoms with Gasteiger partial charge in [0.15, 0.2) is 0 Å². The van der Waals surface area contributed by atoms with Crippen LogP contribution in [0.3, 0.4) is 0 Å². The molecule has 1 aromatic carbocycles. The van der Waals surface area contributed by atoms with Gasteiger partial charge in [-0.2, -0.15) is 0 Å². The molecule has 0 aliphatic heterocycles. The first kappa shape index (κ1) is 14.0. The SMILES string of the molecule is CC(NCC1(C2CC2)CC1)c1ccc(Cl)c(Cl)c1Cl. The first-order valence-corrected chi connectivity index (χ1v) is 8.04. The zero-order chi connectivity index (χ0) is 13.6. The lowest BCUT2D eigenvalue weighted by Crippen LogP contribution is -2.28. The molecular formula is C15H18Cl3N. The van der Waals surface area contributed by atoms with Gasteiger partial charge >= 0.3 is 0 Å². The molecule has 0 radical (unpaired) electrons. The maximum absolute atomic E-state index is 6.28. The molecule has 1 nitrogen and oxygen atoms in total. The standard InChI is InChI=1S/C15H18Cl3N/c1-9(11-4-5-12(16)14(18)13(11)17)19-8-15(6-7-15)10-2-3-10/h4-5,9-10,19H,2-3,6-8H2,1H3. The highest BCUT2D eigenvalue weighted by atomic mass is 35.5. The Hall–Kier alpha value is 0.0500. The van der Waals surface area contributed by atoms with E-state index in [2.05, 4.69) is 12.2 Å². The lowest BCUT2D eigenvalue weighted by molar-refractivity contribution is 0.382. The number of hydrogen-bond donors (Lipinski definition) is 1. The van der Waals surface area contributed by atoms with Crippen LogP contribution in [0.5, 0.6) is 0 Å². The predicted octanol–water partition coefficient (Wildman–Crippen LogP) is 5.49. The van der Waals surface area contributed by atoms with Crippen LogP contribution in [0.2, 0.25) is 15.1 Å². The van der Waals surface area contributed by atoms with Crippen molar-refractivity contribution in [3.63, 3.8) is 0 Å². The summed E-state index contributed by atoms with van der Waals surface area (Å²) in [4.78, 5) is 0. The van der Waals surface area contributed by atoms with E-state index in [1.165, 1.54) is 25.7 Å². The Morgan fingerprint density at radius 3 is 2.47 bits per heavy atom. The summed E-state index contributed by atoms with van der Waals surface area (Å²) in [5.74, 6) is 0.969. The van der Waals surface area contributed by atoms with E-state index >= 15 is 0 Å². The van der Waals surface area contributed by atoms with E-state index in [0.29, 0.717) is 20.5 Å². The molecule has 3 rings (SSSR count). The van der Waals surface area contributed by atoms with Crippen molar-refractivity contribution in [2.75, 3.05) is 6.54 Å². The Balaban J connectivity index is 1.67. The summed E-state index contributed by atoms with van der Waals surface area (Å²) < 4.78 is 0. The maximum atomic E-state index is 6.28. The van der Waals surface area contributed by atoms with Crippen LogP contribution in [0, 0.1) is 11.3 Å². The van der Waals surface area contributed by atoms with Crippen molar-refractivity contribution in [1.29, 1.82) is 0 Å². The summed E-state index contributed by atoms with van der Waals surface area (Å²) in [6.45, 7) is 3.23. The van der Waals surface area contributed by atoms with Crippen molar-refractivity contribution in [2.45, 2.75) is 38.6 Å². The summed E-state index contributed by atoms with van der Waals surface area (Å²) in [6.07, 6.45) is 5.60. The van der Waals surface area contributed by atoms with Gasteiger partial charge in [-0.15, -0.1) is 0 Å². The highest BCUT2D eigenvalue weighted by Gasteiger charge is 2.53. The molecule has 2 aliphatic carbocycles. The maximum Gasteiger partial charge on any atom is 0.0781 e. The third-order valence-electron chi connectivity index (χ3n) is 4.63. The van der Waals surface area contributed by atoms with Gasteiger partial charge in [-0.3, -0.25) is 0 Å². The summed E-state index contributed by atoms with van der Waals surface area (Å²) in [6, 6.07) is 3.99. The molecule has 0 amide bonds. The summed E-state index contributed by atoms with van der Waals surface area (Å²) in [5, 5.41) is 5.17. The highest BCUT2D eigenvalue weighted by molar-refractivity contribution is 6.48. The normalized spacial score (nSPS) is 22.3. The molecule has 0 bridgehead atoms. The van der Waals surface area contributed by atoms with Crippen LogP contribution in [-0.4, -0.2) is 6.54 Å². The molecule has 2 aliphatic rings. The third kappa shape index (κ3) is 2.76. The fraction of sp³-hybridized carbons (Fsp3) is 0.600. The molecule has 0 spiro atoms. The number of halogens is 3. The average molecular weight is 319 g/mol. The van der Waals surface area contributed by atoms with E-state index in [1.54, 1.807) is 0 Å². The molecule has 2 fully saturated rings. The molecule has 0 heterocycles. The molecule has 19 heavy (non-hydrogen) atoms. The van der Waals surface area contributed by atoms with Crippen LogP contribution in [0.4, 0.5) is 0 Å². The first-order chi connectivity index (χ1) is 9.03. The smallest absolute Gasteiger partial charge is 0.0781 e. The van der Waals surface area contributed by atoms with Crippen LogP contribution in [-0.2, 0) is 0 Å². The highest BCUT2D eigenvalue weighted by Crippen LogP contribution is 2.61. The van der Waals surface area contributed by atoms with Crippen LogP contribution >= 0.6 is 34.8 Å². The lowest BCUT2D eigenvalue weighted by atomic mass is 9.99. The first-order valence-electron chi connectivity index (χ1n) is 6.90. The Bertz CT molecular complexity index is 492. The van der Waals surface area contributed by atoms with Crippen molar-refractivity contribution >= 4 is 34.8 Å². The minimum absolute atomic E-state index is 0.207. The van der Waals surface area contributed by atoms with Crippen molar-refractivity contribution in [3.8, 4) is 0 Å². The van der Waals surface area contributed by atoms with Crippen molar-refractivity contribution in [1.82, 2.24) is 5.32 Å². The third-order valence-corrected chi connectivity index (χ3v) is 5.94. The Kier molecular flexibility index (Phi) is 3.77. The van der Waals surface area contributed by atoms with Gasteiger partial charge in [0, 0.05) is 12.6 Å². The van der Waals surface area contributed by atoms with Gasteiger partial charge in [0.25, 0.3) is 0 Å². The molecule has 104 valence electrons. The Labute approximate surface area is 129 Å². The number of rotatable bonds is 5. The Morgan fingerprint density at radius 2 is 1.89 bits per heavy atom. The van der Waals surface area contributed by atoms with E-state index in [4.69, 9.17) is 34.8 Å². The summed E-state index contributed by atoms with van der Waals surface area (Å²) in [5.41, 5.74) is 1.62. The second-order valence-corrected chi connectivity index (χ2v) is 7.17. The largest absolute Gasteiger partial charge is 0.310 e. The fourth-order valence-electron chi connectivity index (χ4n) is 2.93. The van der Waals surface area contributed by atoms with E-state index in [-0.39, 0.29) is 6.04 Å². The van der Waals surface area contributed by atoms with Crippen LogP contribution in [0.25, 0.3) is 0 Å². The molecule has 2 saturated carbocycles. The molecule has 1 atom stereocenters. The zero-order valence-electron chi connectivity index (χ0n) is 11.0. The Morgan fingerprint density at radius 1 is 1.21 bits per heavy atom. The van der Waals surface area contributed by atoms with E-state index < -0.39 is 0 Å². The van der Waals surface area contributed by atoms with Crippen molar-refractivity contribution < 1.29 is 0 Å². The van der Waals surface area contributed by atoms with Gasteiger partial charge in [-0.05, 0) is 55.6 Å². The monoisotopic (exact) mass is 317 g/mol. The molecule has 1 N–H and O–H groups in total. The van der Waals surface area contributed by atoms with Gasteiger partial charge in [-0.25, -0.2) is 0 Å². The van der Waals surface area contributed by atoms with Crippen molar-refractivity contribution in [2.24, 2.45) is 11.3 Å². The lowest BCUT2D eigenvalue weighted by Gasteiger charge is -2.21. The second kappa shape index (κ2) is 5.11. The average Bonchev–Trinajstić information content (AvgIpc) is 3.26. The molecular weight excluding hydrogens is 301 g/mol. The van der Waals surface area contributed by atoms with Gasteiger partial charge in [0.05, 0.1) is 15.1 Å². The quantitative estimate of drug-likeness (QED) is 0.708. The van der Waals surface area contributed by atoms with E-state index in [1.807, 2.05) is 12.1 Å². The molecule has 1 unspecified atom stereocenters. The van der Waals surface area contributed by atoms with Gasteiger partial charge < -0.3 is 5.32 Å². The summed E-state index contributed by atoms with van der Waals surface area (Å²) in [7, 11) is 0. The van der Waals surface area contributed by atoms with Gasteiger partial charge in [0.2, 0.25) is 0 Å².